The fourth-order valence-electron chi connectivity index (χ4n) is 3.52. The van der Waals surface area contributed by atoms with Crippen LogP contribution in [0.3, 0.4) is 0 Å². The number of ether oxygens (including phenoxy) is 2. The Hall–Kier alpha value is -0.203. The van der Waals surface area contributed by atoms with Crippen molar-refractivity contribution >= 4 is 8.32 Å². The molecule has 5 heteroatoms. The van der Waals surface area contributed by atoms with Crippen molar-refractivity contribution in [3.8, 4) is 0 Å². The maximum absolute atomic E-state index is 11.2. The van der Waals surface area contributed by atoms with Gasteiger partial charge in [-0.25, -0.2) is 0 Å². The van der Waals surface area contributed by atoms with Gasteiger partial charge in [0.25, 0.3) is 0 Å². The van der Waals surface area contributed by atoms with E-state index in [-0.39, 0.29) is 23.4 Å². The normalized spacial score (nSPS) is 34.8. The number of aliphatic hydroxyl groups is 1. The summed E-state index contributed by atoms with van der Waals surface area (Å²) in [7, 11) is -1.86. The smallest absolute Gasteiger partial charge is 0.191 e. The van der Waals surface area contributed by atoms with E-state index in [4.69, 9.17) is 13.9 Å². The van der Waals surface area contributed by atoms with Crippen LogP contribution in [0.2, 0.25) is 18.1 Å². The van der Waals surface area contributed by atoms with Crippen molar-refractivity contribution in [1.82, 2.24) is 0 Å². The Labute approximate surface area is 155 Å². The second-order valence-electron chi connectivity index (χ2n) is 9.18. The predicted molar refractivity (Wildman–Crippen MR) is 104 cm³/mol. The molecule has 4 nitrogen and oxygen atoms in total. The van der Waals surface area contributed by atoms with Gasteiger partial charge >= 0.3 is 0 Å². The second-order valence-corrected chi connectivity index (χ2v) is 14.0. The highest BCUT2D eigenvalue weighted by atomic mass is 28.4. The van der Waals surface area contributed by atoms with Crippen molar-refractivity contribution in [2.45, 2.75) is 95.9 Å². The lowest BCUT2D eigenvalue weighted by molar-refractivity contribution is -0.201. The van der Waals surface area contributed by atoms with Crippen LogP contribution in [0.25, 0.3) is 0 Å². The summed E-state index contributed by atoms with van der Waals surface area (Å²) in [6.45, 7) is 14.5. The fraction of sp³-hybridized carbons (Fsp3) is 0.900. The molecule has 0 aromatic rings. The number of hydrogen-bond donors (Lipinski definition) is 1. The third kappa shape index (κ3) is 5.16. The Morgan fingerprint density at radius 1 is 1.24 bits per heavy atom. The molecule has 4 atom stereocenters. The van der Waals surface area contributed by atoms with Gasteiger partial charge in [0, 0.05) is 19.1 Å². The molecule has 0 radical (unpaired) electrons. The third-order valence-electron chi connectivity index (χ3n) is 6.27. The number of hydrogen-bond acceptors (Lipinski definition) is 4. The average Bonchev–Trinajstić information content (AvgIpc) is 2.82. The van der Waals surface area contributed by atoms with Gasteiger partial charge in [0.1, 0.15) is 0 Å². The topological polar surface area (TPSA) is 47.9 Å². The maximum atomic E-state index is 11.2. The van der Waals surface area contributed by atoms with Crippen molar-refractivity contribution in [3.63, 3.8) is 0 Å². The average molecular weight is 371 g/mol. The van der Waals surface area contributed by atoms with Crippen LogP contribution < -0.4 is 0 Å². The SMILES string of the molecule is CC=C[C@]1(O)CC[C@@H](OC2CCCCO2)[C@@H]1CO[Si](C)(C)C(C)(C)C. The van der Waals surface area contributed by atoms with Crippen LogP contribution in [0.4, 0.5) is 0 Å². The molecule has 1 N–H and O–H groups in total. The first kappa shape index (κ1) is 21.1. The van der Waals surface area contributed by atoms with Gasteiger partial charge in [-0.15, -0.1) is 0 Å². The van der Waals surface area contributed by atoms with Crippen LogP contribution >= 0.6 is 0 Å². The van der Waals surface area contributed by atoms with Gasteiger partial charge in [-0.05, 0) is 57.2 Å². The highest BCUT2D eigenvalue weighted by molar-refractivity contribution is 6.74. The molecule has 1 aliphatic carbocycles. The Bertz CT molecular complexity index is 451. The van der Waals surface area contributed by atoms with Crippen molar-refractivity contribution in [3.05, 3.63) is 12.2 Å². The van der Waals surface area contributed by atoms with Gasteiger partial charge in [0.2, 0.25) is 0 Å². The van der Waals surface area contributed by atoms with Crippen molar-refractivity contribution in [2.75, 3.05) is 13.2 Å². The lowest BCUT2D eigenvalue weighted by atomic mass is 9.90. The van der Waals surface area contributed by atoms with Crippen LogP contribution in [0.5, 0.6) is 0 Å². The third-order valence-corrected chi connectivity index (χ3v) is 10.8. The molecule has 1 heterocycles. The molecule has 1 unspecified atom stereocenters. The molecular weight excluding hydrogens is 332 g/mol. The van der Waals surface area contributed by atoms with E-state index in [0.29, 0.717) is 6.61 Å². The molecule has 2 aliphatic rings. The van der Waals surface area contributed by atoms with E-state index >= 15 is 0 Å². The van der Waals surface area contributed by atoms with Gasteiger partial charge in [-0.2, -0.15) is 0 Å². The maximum Gasteiger partial charge on any atom is 0.191 e. The molecule has 0 amide bonds. The molecular formula is C20H38O4Si. The van der Waals surface area contributed by atoms with E-state index in [0.717, 1.165) is 38.7 Å². The first-order valence-electron chi connectivity index (χ1n) is 9.86. The summed E-state index contributed by atoms with van der Waals surface area (Å²) >= 11 is 0. The largest absolute Gasteiger partial charge is 0.416 e. The lowest BCUT2D eigenvalue weighted by Crippen LogP contribution is -2.47. The van der Waals surface area contributed by atoms with E-state index in [1.54, 1.807) is 0 Å². The molecule has 1 saturated carbocycles. The summed E-state index contributed by atoms with van der Waals surface area (Å²) in [6.07, 6.45) is 8.54. The van der Waals surface area contributed by atoms with Crippen LogP contribution in [0, 0.1) is 5.92 Å². The van der Waals surface area contributed by atoms with E-state index < -0.39 is 13.9 Å². The zero-order chi connectivity index (χ0) is 18.7. The Morgan fingerprint density at radius 3 is 2.52 bits per heavy atom. The summed E-state index contributed by atoms with van der Waals surface area (Å²) in [6, 6.07) is 0. The molecule has 1 saturated heterocycles. The highest BCUT2D eigenvalue weighted by Gasteiger charge is 2.49. The molecule has 146 valence electrons. The molecule has 0 spiro atoms. The van der Waals surface area contributed by atoms with E-state index in [1.165, 1.54) is 0 Å². The first-order valence-corrected chi connectivity index (χ1v) is 12.8. The van der Waals surface area contributed by atoms with Gasteiger partial charge in [-0.3, -0.25) is 0 Å². The molecule has 25 heavy (non-hydrogen) atoms. The van der Waals surface area contributed by atoms with Gasteiger partial charge < -0.3 is 19.0 Å². The van der Waals surface area contributed by atoms with Gasteiger partial charge in [0.05, 0.1) is 11.7 Å². The van der Waals surface area contributed by atoms with E-state index in [9.17, 15) is 5.11 Å². The first-order chi connectivity index (χ1) is 11.6. The Kier molecular flexibility index (Phi) is 6.93. The van der Waals surface area contributed by atoms with Crippen LogP contribution in [0.15, 0.2) is 12.2 Å². The zero-order valence-electron chi connectivity index (χ0n) is 17.0. The van der Waals surface area contributed by atoms with Gasteiger partial charge in [-0.1, -0.05) is 32.9 Å². The quantitative estimate of drug-likeness (QED) is 0.547. The van der Waals surface area contributed by atoms with Crippen LogP contribution in [0.1, 0.15) is 59.8 Å². The summed E-state index contributed by atoms with van der Waals surface area (Å²) < 4.78 is 18.5. The number of rotatable bonds is 6. The minimum absolute atomic E-state index is 0.00549. The summed E-state index contributed by atoms with van der Waals surface area (Å²) in [5.41, 5.74) is -0.837. The highest BCUT2D eigenvalue weighted by Crippen LogP contribution is 2.43. The molecule has 0 bridgehead atoms. The van der Waals surface area contributed by atoms with Crippen LogP contribution in [-0.4, -0.2) is 44.6 Å². The van der Waals surface area contributed by atoms with Crippen molar-refractivity contribution in [2.24, 2.45) is 5.92 Å². The van der Waals surface area contributed by atoms with Crippen molar-refractivity contribution in [1.29, 1.82) is 0 Å². The van der Waals surface area contributed by atoms with Crippen LogP contribution in [-0.2, 0) is 13.9 Å². The summed E-state index contributed by atoms with van der Waals surface area (Å²) in [5, 5.41) is 11.3. The van der Waals surface area contributed by atoms with E-state index in [2.05, 4.69) is 33.9 Å². The fourth-order valence-corrected chi connectivity index (χ4v) is 4.55. The summed E-state index contributed by atoms with van der Waals surface area (Å²) in [4.78, 5) is 0. The molecule has 2 fully saturated rings. The van der Waals surface area contributed by atoms with Gasteiger partial charge in [0.15, 0.2) is 14.6 Å². The molecule has 0 aromatic heterocycles. The molecule has 1 aliphatic heterocycles. The van der Waals surface area contributed by atoms with Crippen molar-refractivity contribution < 1.29 is 19.0 Å². The zero-order valence-corrected chi connectivity index (χ0v) is 18.0. The Balaban J connectivity index is 2.08. The second kappa shape index (κ2) is 8.22. The Morgan fingerprint density at radius 2 is 1.96 bits per heavy atom. The lowest BCUT2D eigenvalue weighted by Gasteiger charge is -2.40. The summed E-state index contributed by atoms with van der Waals surface area (Å²) in [5.74, 6) is -0.0386. The molecule has 0 aromatic carbocycles. The minimum atomic E-state index is -1.86. The monoisotopic (exact) mass is 370 g/mol. The predicted octanol–water partition coefficient (Wildman–Crippen LogP) is 4.64. The number of allylic oxidation sites excluding steroid dienone is 1. The standard InChI is InChI=1S/C20H38O4Si/c1-7-12-20(21)13-11-17(24-18-10-8-9-14-22-18)16(20)15-23-25(5,6)19(2,3)4/h7,12,16-18,21H,8-11,13-15H2,1-6H3/t16-,17+,18?,20-/m0/s1. The minimum Gasteiger partial charge on any atom is -0.416 e. The molecule has 2 rings (SSSR count). The van der Waals surface area contributed by atoms with E-state index in [1.807, 2.05) is 19.1 Å².